The number of fused-ring (bicyclic) bond motifs is 1. The molecule has 1 aliphatic rings. The lowest BCUT2D eigenvalue weighted by atomic mass is 9.94. The van der Waals surface area contributed by atoms with E-state index >= 15 is 0 Å². The quantitative estimate of drug-likeness (QED) is 0.169. The molecule has 1 saturated heterocycles. The first-order chi connectivity index (χ1) is 18.7. The second-order valence-electron chi connectivity index (χ2n) is 9.32. The van der Waals surface area contributed by atoms with Crippen molar-refractivity contribution in [3.05, 3.63) is 82.4 Å². The molecule has 0 spiro atoms. The summed E-state index contributed by atoms with van der Waals surface area (Å²) in [6, 6.07) is 14.2. The first-order valence-corrected chi connectivity index (χ1v) is 12.7. The van der Waals surface area contributed by atoms with Gasteiger partial charge in [-0.15, -0.1) is 0 Å². The van der Waals surface area contributed by atoms with E-state index in [1.54, 1.807) is 37.3 Å². The number of aliphatic hydroxyl groups excluding tert-OH is 1. The van der Waals surface area contributed by atoms with E-state index in [4.69, 9.17) is 9.47 Å². The number of carbonyl (C=O) groups is 2. The Bertz CT molecular complexity index is 1640. The zero-order chi connectivity index (χ0) is 27.8. The molecule has 1 fully saturated rings. The zero-order valence-corrected chi connectivity index (χ0v) is 22.1. The van der Waals surface area contributed by atoms with E-state index in [2.05, 4.69) is 9.97 Å². The number of nitrogens with zero attached hydrogens (tertiary/aromatic N) is 2. The molecule has 200 valence electrons. The summed E-state index contributed by atoms with van der Waals surface area (Å²) in [7, 11) is 0. The van der Waals surface area contributed by atoms with Crippen molar-refractivity contribution in [2.24, 2.45) is 0 Å². The number of rotatable bonds is 7. The molecule has 4 aromatic rings. The smallest absolute Gasteiger partial charge is 0.302 e. The number of aromatic amines is 1. The average molecular weight is 528 g/mol. The molecule has 39 heavy (non-hydrogen) atoms. The first-order valence-electron chi connectivity index (χ1n) is 12.7. The molecule has 0 saturated carbocycles. The van der Waals surface area contributed by atoms with Crippen LogP contribution in [0.2, 0.25) is 0 Å². The highest BCUT2D eigenvalue weighted by Crippen LogP contribution is 2.44. The minimum absolute atomic E-state index is 0.0844. The van der Waals surface area contributed by atoms with Gasteiger partial charge < -0.3 is 24.7 Å². The van der Waals surface area contributed by atoms with Crippen molar-refractivity contribution in [1.29, 1.82) is 0 Å². The standard InChI is InChI=1S/C30H29N3O6/c1-5-38-23-12-9-19(14-17(23)4)27(35)25-26(18-8-11-22(34)24(15-18)39-6-2)33(29(37)28(25)36)30-31-20-10-7-16(3)13-21(20)32-30/h7-15,26,34-35H,5-6H2,1-4H3,(H,31,32)/b27-25+. The summed E-state index contributed by atoms with van der Waals surface area (Å²) in [6.45, 7) is 8.22. The Morgan fingerprint density at radius 3 is 2.44 bits per heavy atom. The van der Waals surface area contributed by atoms with Gasteiger partial charge in [-0.05, 0) is 86.8 Å². The maximum Gasteiger partial charge on any atom is 0.302 e. The molecule has 2 heterocycles. The summed E-state index contributed by atoms with van der Waals surface area (Å²) in [6.07, 6.45) is 0. The van der Waals surface area contributed by atoms with Crippen LogP contribution in [0, 0.1) is 13.8 Å². The van der Waals surface area contributed by atoms with Gasteiger partial charge in [0.25, 0.3) is 5.78 Å². The van der Waals surface area contributed by atoms with Crippen molar-refractivity contribution in [2.75, 3.05) is 18.1 Å². The molecule has 9 heteroatoms. The van der Waals surface area contributed by atoms with Gasteiger partial charge in [-0.3, -0.25) is 14.5 Å². The number of phenolic OH excluding ortho intramolecular Hbond substituents is 1. The van der Waals surface area contributed by atoms with E-state index in [0.29, 0.717) is 41.1 Å². The van der Waals surface area contributed by atoms with Gasteiger partial charge >= 0.3 is 5.91 Å². The number of Topliss-reactive ketones (excluding diaryl/α,β-unsaturated/α-hetero) is 1. The van der Waals surface area contributed by atoms with E-state index < -0.39 is 17.7 Å². The second-order valence-corrected chi connectivity index (χ2v) is 9.32. The number of hydrogen-bond acceptors (Lipinski definition) is 7. The zero-order valence-electron chi connectivity index (χ0n) is 22.1. The van der Waals surface area contributed by atoms with Crippen LogP contribution in [0.15, 0.2) is 60.2 Å². The predicted molar refractivity (Wildman–Crippen MR) is 147 cm³/mol. The van der Waals surface area contributed by atoms with Gasteiger partial charge in [-0.1, -0.05) is 12.1 Å². The molecule has 5 rings (SSSR count). The van der Waals surface area contributed by atoms with Crippen molar-refractivity contribution < 1.29 is 29.3 Å². The number of imidazole rings is 1. The van der Waals surface area contributed by atoms with Gasteiger partial charge in [0.05, 0.1) is 35.9 Å². The largest absolute Gasteiger partial charge is 0.507 e. The summed E-state index contributed by atoms with van der Waals surface area (Å²) < 4.78 is 11.2. The van der Waals surface area contributed by atoms with E-state index in [1.165, 1.54) is 11.0 Å². The number of benzene rings is 3. The van der Waals surface area contributed by atoms with Crippen LogP contribution in [0.5, 0.6) is 17.2 Å². The predicted octanol–water partition coefficient (Wildman–Crippen LogP) is 5.31. The normalized spacial score (nSPS) is 16.7. The molecule has 1 aliphatic heterocycles. The van der Waals surface area contributed by atoms with E-state index in [0.717, 1.165) is 11.1 Å². The molecule has 0 aliphatic carbocycles. The van der Waals surface area contributed by atoms with Gasteiger partial charge in [0, 0.05) is 5.56 Å². The number of nitrogens with one attached hydrogen (secondary N) is 1. The Morgan fingerprint density at radius 2 is 1.72 bits per heavy atom. The number of hydrogen-bond donors (Lipinski definition) is 3. The lowest BCUT2D eigenvalue weighted by Gasteiger charge is -2.23. The van der Waals surface area contributed by atoms with Crippen molar-refractivity contribution >= 4 is 34.4 Å². The van der Waals surface area contributed by atoms with Crippen molar-refractivity contribution in [3.8, 4) is 17.2 Å². The number of anilines is 1. The monoisotopic (exact) mass is 527 g/mol. The highest BCUT2D eigenvalue weighted by molar-refractivity contribution is 6.51. The molecule has 1 atom stereocenters. The number of amides is 1. The van der Waals surface area contributed by atoms with E-state index in [9.17, 15) is 19.8 Å². The van der Waals surface area contributed by atoms with E-state index in [1.807, 2.05) is 39.0 Å². The molecule has 1 aromatic heterocycles. The van der Waals surface area contributed by atoms with Crippen LogP contribution in [0.3, 0.4) is 0 Å². The van der Waals surface area contributed by atoms with Crippen LogP contribution in [-0.4, -0.2) is 45.1 Å². The third-order valence-corrected chi connectivity index (χ3v) is 6.65. The lowest BCUT2D eigenvalue weighted by Crippen LogP contribution is -2.30. The van der Waals surface area contributed by atoms with Gasteiger partial charge in [0.1, 0.15) is 11.5 Å². The maximum absolute atomic E-state index is 13.5. The number of aryl methyl sites for hydroxylation is 2. The number of carbonyl (C=O) groups excluding carboxylic acids is 2. The van der Waals surface area contributed by atoms with Gasteiger partial charge in [0.2, 0.25) is 5.95 Å². The molecule has 0 radical (unpaired) electrons. The lowest BCUT2D eigenvalue weighted by molar-refractivity contribution is -0.132. The Hall–Kier alpha value is -4.79. The van der Waals surface area contributed by atoms with Crippen molar-refractivity contribution in [1.82, 2.24) is 9.97 Å². The van der Waals surface area contributed by atoms with Gasteiger partial charge in [-0.2, -0.15) is 0 Å². The average Bonchev–Trinajstić information content (AvgIpc) is 3.44. The highest BCUT2D eigenvalue weighted by atomic mass is 16.5. The molecule has 9 nitrogen and oxygen atoms in total. The highest BCUT2D eigenvalue weighted by Gasteiger charge is 2.48. The molecule has 1 amide bonds. The number of ether oxygens (including phenoxy) is 2. The SMILES string of the molecule is CCOc1ccc(/C(O)=C2\C(=O)C(=O)N(c3nc4ccc(C)cc4[nH]3)C2c2ccc(O)c(OCC)c2)cc1C. The van der Waals surface area contributed by atoms with Crippen molar-refractivity contribution in [2.45, 2.75) is 33.7 Å². The van der Waals surface area contributed by atoms with Crippen LogP contribution in [0.1, 0.15) is 42.1 Å². The second kappa shape index (κ2) is 10.2. The number of aromatic hydroxyl groups is 1. The first kappa shape index (κ1) is 25.8. The number of aliphatic hydroxyl groups is 1. The Morgan fingerprint density at radius 1 is 0.974 bits per heavy atom. The third-order valence-electron chi connectivity index (χ3n) is 6.65. The van der Waals surface area contributed by atoms with Crippen LogP contribution in [-0.2, 0) is 9.59 Å². The van der Waals surface area contributed by atoms with Crippen LogP contribution in [0.4, 0.5) is 5.95 Å². The summed E-state index contributed by atoms with van der Waals surface area (Å²) in [5.74, 6) is -1.10. The number of phenols is 1. The molecular weight excluding hydrogens is 498 g/mol. The van der Waals surface area contributed by atoms with Crippen LogP contribution in [0.25, 0.3) is 16.8 Å². The molecule has 3 aromatic carbocycles. The molecule has 3 N–H and O–H groups in total. The maximum atomic E-state index is 13.5. The Kier molecular flexibility index (Phi) is 6.74. The number of aromatic nitrogens is 2. The fourth-order valence-electron chi connectivity index (χ4n) is 4.83. The Labute approximate surface area is 225 Å². The topological polar surface area (TPSA) is 125 Å². The summed E-state index contributed by atoms with van der Waals surface area (Å²) in [4.78, 5) is 36.0. The number of H-pyrrole nitrogens is 1. The molecule has 0 bridgehead atoms. The minimum atomic E-state index is -1.04. The van der Waals surface area contributed by atoms with Gasteiger partial charge in [-0.25, -0.2) is 4.98 Å². The molecule has 1 unspecified atom stereocenters. The summed E-state index contributed by atoms with van der Waals surface area (Å²) in [5.41, 5.74) is 3.81. The number of ketones is 1. The van der Waals surface area contributed by atoms with Crippen molar-refractivity contribution in [3.63, 3.8) is 0 Å². The summed E-state index contributed by atoms with van der Waals surface area (Å²) in [5, 5.41) is 21.8. The summed E-state index contributed by atoms with van der Waals surface area (Å²) >= 11 is 0. The van der Waals surface area contributed by atoms with Gasteiger partial charge in [0.15, 0.2) is 11.5 Å². The fourth-order valence-corrected chi connectivity index (χ4v) is 4.83. The third kappa shape index (κ3) is 4.56. The Balaban J connectivity index is 1.72. The minimum Gasteiger partial charge on any atom is -0.507 e. The molecular formula is C30H29N3O6. The van der Waals surface area contributed by atoms with E-state index in [-0.39, 0.29) is 28.8 Å². The fraction of sp³-hybridized carbons (Fsp3) is 0.233. The van der Waals surface area contributed by atoms with Crippen LogP contribution < -0.4 is 14.4 Å². The van der Waals surface area contributed by atoms with Crippen LogP contribution >= 0.6 is 0 Å².